The normalized spacial score (nSPS) is 12.1. The third-order valence-corrected chi connectivity index (χ3v) is 5.92. The summed E-state index contributed by atoms with van der Waals surface area (Å²) in [5.74, 6) is -3.05. The number of hydrogen-bond acceptors (Lipinski definition) is 9. The predicted molar refractivity (Wildman–Crippen MR) is 131 cm³/mol. The van der Waals surface area contributed by atoms with Crippen LogP contribution in [-0.4, -0.2) is 33.9 Å². The Hall–Kier alpha value is -4.44. The summed E-state index contributed by atoms with van der Waals surface area (Å²) >= 11 is 0. The summed E-state index contributed by atoms with van der Waals surface area (Å²) in [5.41, 5.74) is 7.37. The highest BCUT2D eigenvalue weighted by Gasteiger charge is 2.35. The number of carbonyl (C=O) groups is 2. The van der Waals surface area contributed by atoms with E-state index in [4.69, 9.17) is 19.9 Å². The molecule has 0 fully saturated rings. The monoisotopic (exact) mass is 494 g/mol. The first-order chi connectivity index (χ1) is 17.1. The molecule has 0 amide bonds. The maximum atomic E-state index is 13.3. The number of nitrogens with one attached hydrogen (secondary N) is 1. The van der Waals surface area contributed by atoms with Crippen LogP contribution in [0.4, 0.5) is 11.4 Å². The van der Waals surface area contributed by atoms with Gasteiger partial charge in [0, 0.05) is 30.1 Å². The van der Waals surface area contributed by atoms with Gasteiger partial charge in [0.15, 0.2) is 17.2 Å². The van der Waals surface area contributed by atoms with Crippen LogP contribution in [0, 0.1) is 13.8 Å². The van der Waals surface area contributed by atoms with Crippen LogP contribution in [0.15, 0.2) is 30.3 Å². The molecule has 10 nitrogen and oxygen atoms in total. The zero-order valence-corrected chi connectivity index (χ0v) is 20.0. The second-order valence-corrected chi connectivity index (χ2v) is 8.29. The van der Waals surface area contributed by atoms with E-state index in [9.17, 15) is 24.9 Å². The average molecular weight is 495 g/mol. The van der Waals surface area contributed by atoms with Crippen LogP contribution in [-0.2, 0) is 17.9 Å². The Bertz CT molecular complexity index is 1370. The number of aromatic hydroxyl groups is 2. The number of benzene rings is 3. The highest BCUT2D eigenvalue weighted by molar-refractivity contribution is 6.00. The van der Waals surface area contributed by atoms with Gasteiger partial charge in [-0.25, -0.2) is 9.59 Å². The molecule has 0 saturated heterocycles. The van der Waals surface area contributed by atoms with Crippen LogP contribution in [0.5, 0.6) is 28.7 Å². The number of ether oxygens (including phenoxy) is 3. The van der Waals surface area contributed by atoms with Crippen molar-refractivity contribution in [2.24, 2.45) is 0 Å². The topological polar surface area (TPSA) is 161 Å². The lowest BCUT2D eigenvalue weighted by molar-refractivity contribution is 0.0691. The molecule has 3 aromatic rings. The summed E-state index contributed by atoms with van der Waals surface area (Å²) in [6, 6.07) is 8.37. The summed E-state index contributed by atoms with van der Waals surface area (Å²) in [6.07, 6.45) is 0. The van der Waals surface area contributed by atoms with Crippen LogP contribution in [0.25, 0.3) is 0 Å². The Labute approximate surface area is 206 Å². The Morgan fingerprint density at radius 3 is 2.39 bits per heavy atom. The quantitative estimate of drug-likeness (QED) is 0.180. The van der Waals surface area contributed by atoms with Crippen molar-refractivity contribution in [1.82, 2.24) is 0 Å². The molecule has 0 unspecified atom stereocenters. The van der Waals surface area contributed by atoms with E-state index in [-0.39, 0.29) is 65.0 Å². The summed E-state index contributed by atoms with van der Waals surface area (Å²) in [6.45, 7) is 4.90. The third-order valence-electron chi connectivity index (χ3n) is 5.92. The molecule has 10 heteroatoms. The van der Waals surface area contributed by atoms with Gasteiger partial charge < -0.3 is 40.6 Å². The number of hydrogen-bond donors (Lipinski definition) is 5. The third kappa shape index (κ3) is 4.34. The Morgan fingerprint density at radius 2 is 1.75 bits per heavy atom. The SMILES string of the molecule is CCOCc1c(O)c(C(=O)O)c(C)c2c1OC(=O)c1c(C)cc(O)c(CNc3ccc(N)cc3)c1O2. The molecule has 3 aromatic carbocycles. The van der Waals surface area contributed by atoms with E-state index in [0.29, 0.717) is 16.9 Å². The Morgan fingerprint density at radius 1 is 1.06 bits per heavy atom. The van der Waals surface area contributed by atoms with Crippen LogP contribution < -0.4 is 20.5 Å². The number of anilines is 2. The van der Waals surface area contributed by atoms with Crippen molar-refractivity contribution in [1.29, 1.82) is 0 Å². The van der Waals surface area contributed by atoms with E-state index in [1.54, 1.807) is 38.1 Å². The van der Waals surface area contributed by atoms with Crippen molar-refractivity contribution < 1.29 is 39.1 Å². The van der Waals surface area contributed by atoms with E-state index in [1.807, 2.05) is 0 Å². The van der Waals surface area contributed by atoms with Crippen molar-refractivity contribution in [2.75, 3.05) is 17.7 Å². The van der Waals surface area contributed by atoms with E-state index in [0.717, 1.165) is 0 Å². The van der Waals surface area contributed by atoms with Gasteiger partial charge in [-0.1, -0.05) is 0 Å². The molecule has 0 spiro atoms. The Balaban J connectivity index is 1.89. The molecule has 1 heterocycles. The first-order valence-corrected chi connectivity index (χ1v) is 11.2. The number of carbonyl (C=O) groups excluding carboxylic acids is 1. The predicted octanol–water partition coefficient (Wildman–Crippen LogP) is 4.47. The number of esters is 1. The molecule has 4 rings (SSSR count). The standard InChI is InChI=1S/C26H26N2O8/c1-4-34-11-17-21(30)20(25(31)32)13(3)22-24(17)36-26(33)19-12(2)9-18(29)16(23(19)35-22)10-28-15-7-5-14(27)6-8-15/h5-9,28-30H,4,10-11,27H2,1-3H3,(H,31,32). The zero-order valence-electron chi connectivity index (χ0n) is 20.0. The summed E-state index contributed by atoms with van der Waals surface area (Å²) in [4.78, 5) is 25.3. The highest BCUT2D eigenvalue weighted by atomic mass is 16.6. The fraction of sp³-hybridized carbons (Fsp3) is 0.231. The largest absolute Gasteiger partial charge is 0.507 e. The van der Waals surface area contributed by atoms with E-state index in [1.165, 1.54) is 13.0 Å². The number of nitrogens with two attached hydrogens (primary N) is 1. The first-order valence-electron chi connectivity index (χ1n) is 11.2. The number of nitrogen functional groups attached to an aromatic ring is 1. The number of carboxylic acids is 1. The van der Waals surface area contributed by atoms with E-state index >= 15 is 0 Å². The maximum Gasteiger partial charge on any atom is 0.347 e. The van der Waals surface area contributed by atoms with Crippen molar-refractivity contribution in [3.8, 4) is 28.7 Å². The van der Waals surface area contributed by atoms with Gasteiger partial charge in [0.1, 0.15) is 22.6 Å². The minimum Gasteiger partial charge on any atom is -0.507 e. The van der Waals surface area contributed by atoms with Crippen LogP contribution in [0.3, 0.4) is 0 Å². The molecule has 0 aromatic heterocycles. The molecule has 0 aliphatic carbocycles. The molecule has 1 aliphatic rings. The van der Waals surface area contributed by atoms with Gasteiger partial charge in [0.05, 0.1) is 17.7 Å². The highest BCUT2D eigenvalue weighted by Crippen LogP contribution is 2.50. The lowest BCUT2D eigenvalue weighted by atomic mass is 10.00. The molecule has 188 valence electrons. The second-order valence-electron chi connectivity index (χ2n) is 8.29. The second kappa shape index (κ2) is 9.67. The average Bonchev–Trinajstić information content (AvgIpc) is 2.96. The number of aromatic carboxylic acids is 1. The minimum absolute atomic E-state index is 0.0201. The number of phenols is 2. The zero-order chi connectivity index (χ0) is 26.1. The summed E-state index contributed by atoms with van der Waals surface area (Å²) < 4.78 is 17.2. The van der Waals surface area contributed by atoms with Gasteiger partial charge >= 0.3 is 11.9 Å². The number of rotatable bonds is 7. The molecule has 36 heavy (non-hydrogen) atoms. The summed E-state index contributed by atoms with van der Waals surface area (Å²) in [7, 11) is 0. The van der Waals surface area contributed by atoms with Gasteiger partial charge in [-0.3, -0.25) is 0 Å². The molecular weight excluding hydrogens is 468 g/mol. The van der Waals surface area contributed by atoms with Crippen molar-refractivity contribution in [3.05, 3.63) is 63.7 Å². The number of carboxylic acid groups (broad SMARTS) is 1. The molecule has 6 N–H and O–H groups in total. The molecule has 0 saturated carbocycles. The number of fused-ring (bicyclic) bond motifs is 2. The fourth-order valence-electron chi connectivity index (χ4n) is 4.07. The van der Waals surface area contributed by atoms with Crippen LogP contribution in [0.1, 0.15) is 49.9 Å². The summed E-state index contributed by atoms with van der Waals surface area (Å²) in [5, 5.41) is 34.4. The fourth-order valence-corrected chi connectivity index (χ4v) is 4.07. The van der Waals surface area contributed by atoms with Crippen molar-refractivity contribution in [2.45, 2.75) is 33.9 Å². The lowest BCUT2D eigenvalue weighted by Crippen LogP contribution is -2.13. The maximum absolute atomic E-state index is 13.3. The smallest absolute Gasteiger partial charge is 0.347 e. The minimum atomic E-state index is -1.39. The van der Waals surface area contributed by atoms with Crippen molar-refractivity contribution in [3.63, 3.8) is 0 Å². The molecular formula is C26H26N2O8. The first kappa shape index (κ1) is 24.7. The van der Waals surface area contributed by atoms with Gasteiger partial charge in [-0.15, -0.1) is 0 Å². The molecule has 0 bridgehead atoms. The molecule has 1 aliphatic heterocycles. The van der Waals surface area contributed by atoms with Gasteiger partial charge in [-0.05, 0) is 56.7 Å². The van der Waals surface area contributed by atoms with Gasteiger partial charge in [-0.2, -0.15) is 0 Å². The van der Waals surface area contributed by atoms with Crippen LogP contribution in [0.2, 0.25) is 0 Å². The van der Waals surface area contributed by atoms with Gasteiger partial charge in [0.25, 0.3) is 0 Å². The van der Waals surface area contributed by atoms with Crippen LogP contribution >= 0.6 is 0 Å². The van der Waals surface area contributed by atoms with E-state index in [2.05, 4.69) is 5.32 Å². The van der Waals surface area contributed by atoms with Crippen molar-refractivity contribution >= 4 is 23.3 Å². The molecule has 0 atom stereocenters. The van der Waals surface area contributed by atoms with Gasteiger partial charge in [0.2, 0.25) is 0 Å². The number of phenolic OH excluding ortho intramolecular Hbond substituents is 1. The Kier molecular flexibility index (Phi) is 6.63. The molecule has 0 radical (unpaired) electrons. The lowest BCUT2D eigenvalue weighted by Gasteiger charge is -2.19. The number of aryl methyl sites for hydroxylation is 1. The van der Waals surface area contributed by atoms with E-state index < -0.39 is 23.3 Å².